The van der Waals surface area contributed by atoms with Crippen LogP contribution in [0.25, 0.3) is 16.9 Å². The zero-order chi connectivity index (χ0) is 13.9. The molecule has 0 aromatic carbocycles. The normalized spacial score (nSPS) is 10.6. The number of rotatable bonds is 4. The highest BCUT2D eigenvalue weighted by Gasteiger charge is 2.06. The van der Waals surface area contributed by atoms with E-state index in [-0.39, 0.29) is 6.54 Å². The monoisotopic (exact) mass is 268 g/mol. The lowest BCUT2D eigenvalue weighted by atomic mass is 10.2. The molecule has 0 fully saturated rings. The molecular weight excluding hydrogens is 256 g/mol. The number of carboxylic acid groups (broad SMARTS) is 1. The largest absolute Gasteiger partial charge is 0.480 e. The van der Waals surface area contributed by atoms with Crippen molar-refractivity contribution in [3.63, 3.8) is 0 Å². The van der Waals surface area contributed by atoms with Crippen LogP contribution in [0.2, 0.25) is 0 Å². The summed E-state index contributed by atoms with van der Waals surface area (Å²) >= 11 is 0. The lowest BCUT2D eigenvalue weighted by Gasteiger charge is -2.04. The molecule has 0 saturated heterocycles. The SMILES string of the molecule is O=C(O)CNc1ccc(-c2cnc3ccccn23)cn1. The molecule has 20 heavy (non-hydrogen) atoms. The quantitative estimate of drug-likeness (QED) is 0.755. The van der Waals surface area contributed by atoms with E-state index in [1.165, 1.54) is 0 Å². The van der Waals surface area contributed by atoms with Gasteiger partial charge in [-0.2, -0.15) is 0 Å². The lowest BCUT2D eigenvalue weighted by Crippen LogP contribution is -2.12. The van der Waals surface area contributed by atoms with Gasteiger partial charge in [0.15, 0.2) is 0 Å². The standard InChI is InChI=1S/C14H12N4O2/c19-14(20)9-16-12-5-4-10(7-15-12)11-8-17-13-3-1-2-6-18(11)13/h1-8H,9H2,(H,15,16)(H,19,20). The van der Waals surface area contributed by atoms with Gasteiger partial charge < -0.3 is 10.4 Å². The highest BCUT2D eigenvalue weighted by atomic mass is 16.4. The Hall–Kier alpha value is -2.89. The average Bonchev–Trinajstić information content (AvgIpc) is 2.89. The molecule has 0 spiro atoms. The van der Waals surface area contributed by atoms with Crippen molar-refractivity contribution in [1.82, 2.24) is 14.4 Å². The van der Waals surface area contributed by atoms with Crippen LogP contribution in [0, 0.1) is 0 Å². The number of nitrogens with zero attached hydrogens (tertiary/aromatic N) is 3. The number of carboxylic acids is 1. The second-order valence-corrected chi connectivity index (χ2v) is 4.25. The predicted molar refractivity (Wildman–Crippen MR) is 74.5 cm³/mol. The summed E-state index contributed by atoms with van der Waals surface area (Å²) in [7, 11) is 0. The van der Waals surface area contributed by atoms with Gasteiger partial charge in [0, 0.05) is 18.0 Å². The molecule has 3 heterocycles. The molecule has 0 aliphatic heterocycles. The molecule has 3 rings (SSSR count). The van der Waals surface area contributed by atoms with Gasteiger partial charge in [0.2, 0.25) is 0 Å². The topological polar surface area (TPSA) is 79.5 Å². The van der Waals surface area contributed by atoms with Crippen LogP contribution in [0.15, 0.2) is 48.9 Å². The van der Waals surface area contributed by atoms with Crippen molar-refractivity contribution in [2.24, 2.45) is 0 Å². The molecule has 0 aliphatic carbocycles. The van der Waals surface area contributed by atoms with Gasteiger partial charge in [0.1, 0.15) is 18.0 Å². The number of aliphatic carboxylic acids is 1. The number of pyridine rings is 2. The Morgan fingerprint density at radius 1 is 1.20 bits per heavy atom. The summed E-state index contributed by atoms with van der Waals surface area (Å²) in [5.74, 6) is -0.386. The maximum Gasteiger partial charge on any atom is 0.322 e. The second kappa shape index (κ2) is 5.00. The van der Waals surface area contributed by atoms with Gasteiger partial charge in [-0.15, -0.1) is 0 Å². The summed E-state index contributed by atoms with van der Waals surface area (Å²) in [4.78, 5) is 19.0. The van der Waals surface area contributed by atoms with Gasteiger partial charge >= 0.3 is 5.97 Å². The Labute approximate surface area is 114 Å². The van der Waals surface area contributed by atoms with E-state index < -0.39 is 5.97 Å². The number of fused-ring (bicyclic) bond motifs is 1. The first-order chi connectivity index (χ1) is 9.74. The third-order valence-electron chi connectivity index (χ3n) is 2.90. The average molecular weight is 268 g/mol. The maximum atomic E-state index is 10.5. The molecule has 0 unspecified atom stereocenters. The van der Waals surface area contributed by atoms with E-state index >= 15 is 0 Å². The highest BCUT2D eigenvalue weighted by molar-refractivity contribution is 5.72. The third-order valence-corrected chi connectivity index (χ3v) is 2.90. The van der Waals surface area contributed by atoms with E-state index in [4.69, 9.17) is 5.11 Å². The molecule has 0 atom stereocenters. The molecule has 6 nitrogen and oxygen atoms in total. The van der Waals surface area contributed by atoms with Crippen LogP contribution in [0.3, 0.4) is 0 Å². The van der Waals surface area contributed by atoms with Crippen LogP contribution in [-0.4, -0.2) is 32.0 Å². The van der Waals surface area contributed by atoms with Crippen molar-refractivity contribution in [3.8, 4) is 11.3 Å². The number of anilines is 1. The van der Waals surface area contributed by atoms with E-state index in [1.807, 2.05) is 34.9 Å². The smallest absolute Gasteiger partial charge is 0.322 e. The molecule has 6 heteroatoms. The molecule has 0 aliphatic rings. The number of aromatic nitrogens is 3. The van der Waals surface area contributed by atoms with Gasteiger partial charge in [0.25, 0.3) is 0 Å². The minimum Gasteiger partial charge on any atom is -0.480 e. The number of imidazole rings is 1. The zero-order valence-electron chi connectivity index (χ0n) is 10.5. The molecule has 0 saturated carbocycles. The summed E-state index contributed by atoms with van der Waals surface area (Å²) in [5, 5.41) is 11.3. The van der Waals surface area contributed by atoms with Crippen molar-refractivity contribution < 1.29 is 9.90 Å². The predicted octanol–water partition coefficient (Wildman–Crippen LogP) is 1.89. The summed E-state index contributed by atoms with van der Waals surface area (Å²) < 4.78 is 1.97. The van der Waals surface area contributed by atoms with Crippen molar-refractivity contribution in [3.05, 3.63) is 48.9 Å². The first kappa shape index (κ1) is 12.2. The summed E-state index contributed by atoms with van der Waals surface area (Å²) in [6, 6.07) is 9.44. The molecule has 2 N–H and O–H groups in total. The molecule has 0 radical (unpaired) electrons. The second-order valence-electron chi connectivity index (χ2n) is 4.25. The molecule has 0 bridgehead atoms. The van der Waals surface area contributed by atoms with Crippen molar-refractivity contribution in [1.29, 1.82) is 0 Å². The minimum absolute atomic E-state index is 0.151. The third kappa shape index (κ3) is 2.31. The molecule has 3 aromatic heterocycles. The number of carbonyl (C=O) groups is 1. The summed E-state index contributed by atoms with van der Waals surface area (Å²) in [5.41, 5.74) is 2.73. The number of hydrogen-bond donors (Lipinski definition) is 2. The van der Waals surface area contributed by atoms with Crippen LogP contribution in [0.1, 0.15) is 0 Å². The molecule has 100 valence electrons. The molecular formula is C14H12N4O2. The Morgan fingerprint density at radius 3 is 2.85 bits per heavy atom. The summed E-state index contributed by atoms with van der Waals surface area (Å²) in [6.45, 7) is -0.151. The van der Waals surface area contributed by atoms with Crippen molar-refractivity contribution >= 4 is 17.4 Å². The van der Waals surface area contributed by atoms with Gasteiger partial charge in [-0.05, 0) is 24.3 Å². The fourth-order valence-electron chi connectivity index (χ4n) is 1.96. The lowest BCUT2D eigenvalue weighted by molar-refractivity contribution is -0.134. The maximum absolute atomic E-state index is 10.5. The van der Waals surface area contributed by atoms with Crippen LogP contribution < -0.4 is 5.32 Å². The first-order valence-electron chi connectivity index (χ1n) is 6.08. The minimum atomic E-state index is -0.919. The van der Waals surface area contributed by atoms with Gasteiger partial charge in [-0.3, -0.25) is 9.20 Å². The summed E-state index contributed by atoms with van der Waals surface area (Å²) in [6.07, 6.45) is 5.42. The van der Waals surface area contributed by atoms with Gasteiger partial charge in [0.05, 0.1) is 11.9 Å². The molecule has 0 amide bonds. The van der Waals surface area contributed by atoms with Gasteiger partial charge in [-0.25, -0.2) is 9.97 Å². The Kier molecular flexibility index (Phi) is 3.04. The van der Waals surface area contributed by atoms with E-state index in [9.17, 15) is 4.79 Å². The Bertz CT molecular complexity index is 749. The van der Waals surface area contributed by atoms with Crippen molar-refractivity contribution in [2.75, 3.05) is 11.9 Å². The fourth-order valence-corrected chi connectivity index (χ4v) is 1.96. The highest BCUT2D eigenvalue weighted by Crippen LogP contribution is 2.20. The van der Waals surface area contributed by atoms with E-state index in [0.29, 0.717) is 5.82 Å². The van der Waals surface area contributed by atoms with E-state index in [2.05, 4.69) is 15.3 Å². The Balaban J connectivity index is 1.89. The van der Waals surface area contributed by atoms with Crippen LogP contribution >= 0.6 is 0 Å². The Morgan fingerprint density at radius 2 is 2.10 bits per heavy atom. The van der Waals surface area contributed by atoms with Crippen molar-refractivity contribution in [2.45, 2.75) is 0 Å². The van der Waals surface area contributed by atoms with Crippen LogP contribution in [0.4, 0.5) is 5.82 Å². The van der Waals surface area contributed by atoms with Gasteiger partial charge in [-0.1, -0.05) is 6.07 Å². The van der Waals surface area contributed by atoms with E-state index in [1.54, 1.807) is 18.5 Å². The fraction of sp³-hybridized carbons (Fsp3) is 0.0714. The molecule has 3 aromatic rings. The van der Waals surface area contributed by atoms with Crippen LogP contribution in [-0.2, 0) is 4.79 Å². The van der Waals surface area contributed by atoms with E-state index in [0.717, 1.165) is 16.9 Å². The first-order valence-corrected chi connectivity index (χ1v) is 6.08. The van der Waals surface area contributed by atoms with Crippen LogP contribution in [0.5, 0.6) is 0 Å². The number of nitrogens with one attached hydrogen (secondary N) is 1. The number of hydrogen-bond acceptors (Lipinski definition) is 4. The zero-order valence-corrected chi connectivity index (χ0v) is 10.5.